The van der Waals surface area contributed by atoms with Crippen molar-refractivity contribution in [3.05, 3.63) is 101 Å². The molecule has 5 amide bonds. The summed E-state index contributed by atoms with van der Waals surface area (Å²) in [5.41, 5.74) is 2.45. The van der Waals surface area contributed by atoms with Gasteiger partial charge in [-0.05, 0) is 53.9 Å². The van der Waals surface area contributed by atoms with Gasteiger partial charge in [0.25, 0.3) is 0 Å². The molecule has 0 bridgehead atoms. The Labute approximate surface area is 320 Å². The number of hydrogen-bond donors (Lipinski definition) is 4. The van der Waals surface area contributed by atoms with Crippen LogP contribution in [-0.2, 0) is 27.3 Å². The lowest BCUT2D eigenvalue weighted by Gasteiger charge is -2.39. The molecule has 4 N–H and O–H groups in total. The highest BCUT2D eigenvalue weighted by Gasteiger charge is 2.45. The first-order valence-corrected chi connectivity index (χ1v) is 18.7. The number of carbonyl (C=O) groups is 4. The van der Waals surface area contributed by atoms with Crippen LogP contribution >= 0.6 is 0 Å². The van der Waals surface area contributed by atoms with E-state index in [1.807, 2.05) is 120 Å². The molecule has 2 aromatic carbocycles. The van der Waals surface area contributed by atoms with E-state index in [-0.39, 0.29) is 49.7 Å². The predicted molar refractivity (Wildman–Crippen MR) is 208 cm³/mol. The second-order valence-corrected chi connectivity index (χ2v) is 16.1. The van der Waals surface area contributed by atoms with Gasteiger partial charge in [-0.2, -0.15) is 0 Å². The lowest BCUT2D eigenvalue weighted by Crippen LogP contribution is -2.59. The van der Waals surface area contributed by atoms with Crippen molar-refractivity contribution in [2.45, 2.75) is 91.5 Å². The number of carbonyl (C=O) groups excluding carboxylic acids is 4. The Kier molecular flexibility index (Phi) is 14.6. The molecule has 0 aliphatic carbocycles. The molecule has 2 heterocycles. The van der Waals surface area contributed by atoms with Gasteiger partial charge in [0.2, 0.25) is 11.8 Å². The zero-order valence-corrected chi connectivity index (χ0v) is 32.8. The Balaban J connectivity index is 1.57. The summed E-state index contributed by atoms with van der Waals surface area (Å²) in [4.78, 5) is 61.1. The van der Waals surface area contributed by atoms with Crippen LogP contribution in [0.1, 0.15) is 75.9 Å². The summed E-state index contributed by atoms with van der Waals surface area (Å²) in [6.07, 6.45) is -0.794. The first-order chi connectivity index (χ1) is 25.6. The number of pyridine rings is 1. The van der Waals surface area contributed by atoms with E-state index in [2.05, 4.69) is 25.7 Å². The molecule has 3 aromatic rings. The monoisotopic (exact) mass is 742 g/mol. The fourth-order valence-corrected chi connectivity index (χ4v) is 7.08. The Morgan fingerprint density at radius 1 is 0.907 bits per heavy atom. The third-order valence-corrected chi connectivity index (χ3v) is 9.79. The van der Waals surface area contributed by atoms with Crippen molar-refractivity contribution < 1.29 is 29.0 Å². The topological polar surface area (TPSA) is 153 Å². The van der Waals surface area contributed by atoms with E-state index in [0.717, 1.165) is 22.5 Å². The molecule has 1 aliphatic rings. The van der Waals surface area contributed by atoms with Crippen LogP contribution < -0.4 is 16.0 Å². The molecule has 12 nitrogen and oxygen atoms in total. The summed E-state index contributed by atoms with van der Waals surface area (Å²) in [6.45, 7) is 13.0. The van der Waals surface area contributed by atoms with Gasteiger partial charge < -0.3 is 35.6 Å². The Morgan fingerprint density at radius 2 is 1.57 bits per heavy atom. The fraction of sp³-hybridized carbons (Fsp3) is 0.500. The first-order valence-electron chi connectivity index (χ1n) is 18.7. The fourth-order valence-electron chi connectivity index (χ4n) is 7.08. The summed E-state index contributed by atoms with van der Waals surface area (Å²) in [5.74, 6) is -0.923. The molecule has 1 aromatic heterocycles. The third kappa shape index (κ3) is 12.0. The third-order valence-electron chi connectivity index (χ3n) is 9.79. The number of hydrogen-bond acceptors (Lipinski definition) is 7. The number of nitrogens with zero attached hydrogens (tertiary/aromatic N) is 3. The number of methoxy groups -OCH3 is 1. The average Bonchev–Trinajstić information content (AvgIpc) is 3.46. The summed E-state index contributed by atoms with van der Waals surface area (Å²) in [7, 11) is 1.28. The van der Waals surface area contributed by atoms with Crippen molar-refractivity contribution in [2.24, 2.45) is 10.8 Å². The predicted octanol–water partition coefficient (Wildman–Crippen LogP) is 5.19. The van der Waals surface area contributed by atoms with E-state index >= 15 is 0 Å². The first kappa shape index (κ1) is 41.8. The molecule has 4 atom stereocenters. The van der Waals surface area contributed by atoms with Crippen LogP contribution in [0, 0.1) is 17.8 Å². The number of aromatic nitrogens is 1. The Hall–Kier alpha value is -4.97. The molecule has 0 radical (unpaired) electrons. The van der Waals surface area contributed by atoms with E-state index in [0.29, 0.717) is 26.1 Å². The Bertz CT molecular complexity index is 1700. The minimum absolute atomic E-state index is 0.141. The maximum atomic E-state index is 14.6. The van der Waals surface area contributed by atoms with Gasteiger partial charge in [-0.15, -0.1) is 0 Å². The molecular formula is C42H58N6O6. The number of rotatable bonds is 17. The summed E-state index contributed by atoms with van der Waals surface area (Å²) < 4.78 is 4.65. The van der Waals surface area contributed by atoms with Gasteiger partial charge >= 0.3 is 12.1 Å². The number of nitrogens with one attached hydrogen (secondary N) is 3. The van der Waals surface area contributed by atoms with Crippen molar-refractivity contribution in [2.75, 3.05) is 33.3 Å². The summed E-state index contributed by atoms with van der Waals surface area (Å²) in [5, 5.41) is 20.8. The number of alkyl carbamates (subject to hydrolysis) is 1. The number of ether oxygens (including phenoxy) is 1. The van der Waals surface area contributed by atoms with Crippen LogP contribution in [0.3, 0.4) is 0 Å². The van der Waals surface area contributed by atoms with Crippen molar-refractivity contribution in [1.82, 2.24) is 30.7 Å². The van der Waals surface area contributed by atoms with Crippen LogP contribution in [-0.4, -0.2) is 95.3 Å². The highest BCUT2D eigenvalue weighted by atomic mass is 16.5. The maximum Gasteiger partial charge on any atom is 0.406 e. The number of urea groups is 1. The minimum atomic E-state index is -1.06. The van der Waals surface area contributed by atoms with Crippen LogP contribution in [0.5, 0.6) is 0 Å². The van der Waals surface area contributed by atoms with Gasteiger partial charge in [-0.3, -0.25) is 14.6 Å². The van der Waals surface area contributed by atoms with E-state index in [1.165, 1.54) is 7.11 Å². The highest BCUT2D eigenvalue weighted by molar-refractivity contribution is 5.89. The van der Waals surface area contributed by atoms with Gasteiger partial charge in [-0.25, -0.2) is 9.59 Å². The van der Waals surface area contributed by atoms with E-state index in [1.54, 1.807) is 9.80 Å². The van der Waals surface area contributed by atoms with Crippen molar-refractivity contribution in [3.63, 3.8) is 0 Å². The summed E-state index contributed by atoms with van der Waals surface area (Å²) >= 11 is 0. The lowest BCUT2D eigenvalue weighted by molar-refractivity contribution is -0.130. The van der Waals surface area contributed by atoms with Crippen LogP contribution in [0.2, 0.25) is 0 Å². The Morgan fingerprint density at radius 3 is 2.20 bits per heavy atom. The zero-order valence-electron chi connectivity index (χ0n) is 32.8. The number of aliphatic hydroxyl groups is 1. The molecule has 1 saturated heterocycles. The van der Waals surface area contributed by atoms with Gasteiger partial charge in [-0.1, -0.05) is 101 Å². The number of amides is 5. The zero-order chi connectivity index (χ0) is 39.5. The molecule has 4 unspecified atom stereocenters. The standard InChI is InChI=1S/C42H58N6O6/c1-29-15-14-20-32(45-29)27-47-23-24-48(40(47)53)37(41(2,3)4)38(51)46-36(33(31-18-12-9-13-19-31)25-30-16-10-8-11-17-30)34(49)21-22-43-35(50)26-42(5,6)28-44-39(52)54-7/h8-20,33-34,36-37,49H,21-28H2,1-7H3,(H,43,50)(H,44,52)(H,46,51). The highest BCUT2D eigenvalue weighted by Crippen LogP contribution is 2.32. The van der Waals surface area contributed by atoms with Gasteiger partial charge in [0.1, 0.15) is 6.04 Å². The minimum Gasteiger partial charge on any atom is -0.453 e. The van der Waals surface area contributed by atoms with Crippen LogP contribution in [0.4, 0.5) is 9.59 Å². The molecule has 4 rings (SSSR count). The number of aryl methyl sites for hydroxylation is 1. The van der Waals surface area contributed by atoms with Crippen molar-refractivity contribution >= 4 is 23.9 Å². The molecule has 1 aliphatic heterocycles. The van der Waals surface area contributed by atoms with Gasteiger partial charge in [0.15, 0.2) is 0 Å². The summed E-state index contributed by atoms with van der Waals surface area (Å²) in [6, 6.07) is 23.6. The molecule has 12 heteroatoms. The molecule has 54 heavy (non-hydrogen) atoms. The average molecular weight is 743 g/mol. The second-order valence-electron chi connectivity index (χ2n) is 16.1. The van der Waals surface area contributed by atoms with Crippen molar-refractivity contribution in [3.8, 4) is 0 Å². The lowest BCUT2D eigenvalue weighted by atomic mass is 9.81. The molecule has 1 fully saturated rings. The molecule has 292 valence electrons. The van der Waals surface area contributed by atoms with Crippen molar-refractivity contribution in [1.29, 1.82) is 0 Å². The van der Waals surface area contributed by atoms with Crippen LogP contribution in [0.15, 0.2) is 78.9 Å². The van der Waals surface area contributed by atoms with Gasteiger partial charge in [0.05, 0.1) is 31.5 Å². The maximum absolute atomic E-state index is 14.6. The van der Waals surface area contributed by atoms with E-state index < -0.39 is 35.1 Å². The second kappa shape index (κ2) is 18.9. The molecular weight excluding hydrogens is 684 g/mol. The largest absolute Gasteiger partial charge is 0.453 e. The van der Waals surface area contributed by atoms with Gasteiger partial charge in [0, 0.05) is 44.2 Å². The smallest absolute Gasteiger partial charge is 0.406 e. The van der Waals surface area contributed by atoms with E-state index in [4.69, 9.17) is 0 Å². The van der Waals surface area contributed by atoms with E-state index in [9.17, 15) is 24.3 Å². The quantitative estimate of drug-likeness (QED) is 0.149. The molecule has 0 saturated carbocycles. The number of aliphatic hydroxyl groups excluding tert-OH is 1. The van der Waals surface area contributed by atoms with Crippen LogP contribution in [0.25, 0.3) is 0 Å². The normalized spacial score (nSPS) is 15.6. The molecule has 0 spiro atoms. The SMILES string of the molecule is COC(=O)NCC(C)(C)CC(=O)NCCC(O)C(NC(=O)C(N1CCN(Cc2cccc(C)n2)C1=O)C(C)(C)C)C(Cc1ccccc1)c1ccccc1. The number of benzene rings is 2.